The van der Waals surface area contributed by atoms with Gasteiger partial charge in [-0.25, -0.2) is 0 Å². The van der Waals surface area contributed by atoms with Gasteiger partial charge in [0.25, 0.3) is 0 Å². The number of hydrogen-bond donors (Lipinski definition) is 1. The van der Waals surface area contributed by atoms with Gasteiger partial charge in [-0.15, -0.1) is 11.8 Å². The molecule has 0 saturated carbocycles. The Morgan fingerprint density at radius 2 is 2.18 bits per heavy atom. The molecule has 3 heteroatoms. The molecule has 0 spiro atoms. The molecule has 1 aliphatic rings. The average molecular weight is 267 g/mol. The van der Waals surface area contributed by atoms with Crippen molar-refractivity contribution in [3.05, 3.63) is 30.3 Å². The molecule has 0 bridgehead atoms. The van der Waals surface area contributed by atoms with E-state index in [2.05, 4.69) is 54.3 Å². The molecule has 0 amide bonds. The Balaban J connectivity index is 1.63. The first-order valence-electron chi connectivity index (χ1n) is 6.39. The topological polar surface area (TPSA) is 12.0 Å². The molecule has 1 N–H and O–H groups in total. The molecule has 1 nitrogen and oxygen atoms in total. The largest absolute Gasteiger partial charge is 0.312 e. The zero-order valence-corrected chi connectivity index (χ0v) is 12.0. The normalized spacial score (nSPS) is 24.8. The molecule has 2 unspecified atom stereocenters. The third kappa shape index (κ3) is 4.57. The predicted octanol–water partition coefficient (Wildman–Crippen LogP) is 3.65. The minimum atomic E-state index is 0.727. The number of benzene rings is 1. The summed E-state index contributed by atoms with van der Waals surface area (Å²) in [5, 5.41) is 4.48. The van der Waals surface area contributed by atoms with E-state index in [9.17, 15) is 0 Å². The van der Waals surface area contributed by atoms with Gasteiger partial charge >= 0.3 is 0 Å². The molecule has 94 valence electrons. The van der Waals surface area contributed by atoms with Gasteiger partial charge in [-0.2, -0.15) is 11.8 Å². The number of thioether (sulfide) groups is 2. The second kappa shape index (κ2) is 7.34. The summed E-state index contributed by atoms with van der Waals surface area (Å²) >= 11 is 4.05. The molecular weight excluding hydrogens is 246 g/mol. The summed E-state index contributed by atoms with van der Waals surface area (Å²) in [5.74, 6) is 2.51. The lowest BCUT2D eigenvalue weighted by Gasteiger charge is -2.29. The van der Waals surface area contributed by atoms with Gasteiger partial charge < -0.3 is 5.32 Å². The molecule has 17 heavy (non-hydrogen) atoms. The smallest absolute Gasteiger partial charge is 0.0184 e. The maximum absolute atomic E-state index is 3.70. The van der Waals surface area contributed by atoms with Gasteiger partial charge in [-0.1, -0.05) is 25.1 Å². The maximum Gasteiger partial charge on any atom is 0.0184 e. The lowest BCUT2D eigenvalue weighted by Crippen LogP contribution is -2.40. The summed E-state index contributed by atoms with van der Waals surface area (Å²) in [7, 11) is 0. The van der Waals surface area contributed by atoms with Gasteiger partial charge in [-0.05, 0) is 30.7 Å². The van der Waals surface area contributed by atoms with Crippen molar-refractivity contribution in [2.75, 3.05) is 18.1 Å². The standard InChI is InChI=1S/C14H21NS2/c1-12-14(8-5-10-16-12)15-9-11-17-13-6-3-2-4-7-13/h2-4,6-7,12,14-15H,5,8-11H2,1H3. The van der Waals surface area contributed by atoms with Crippen molar-refractivity contribution in [2.24, 2.45) is 0 Å². The quantitative estimate of drug-likeness (QED) is 0.646. The molecule has 1 aromatic carbocycles. The van der Waals surface area contributed by atoms with Gasteiger partial charge in [0, 0.05) is 28.5 Å². The van der Waals surface area contributed by atoms with Crippen molar-refractivity contribution in [3.63, 3.8) is 0 Å². The van der Waals surface area contributed by atoms with E-state index in [1.165, 1.54) is 23.5 Å². The van der Waals surface area contributed by atoms with Crippen LogP contribution in [-0.2, 0) is 0 Å². The van der Waals surface area contributed by atoms with E-state index in [0.29, 0.717) is 0 Å². The minimum absolute atomic E-state index is 0.727. The van der Waals surface area contributed by atoms with Crippen LogP contribution in [0.3, 0.4) is 0 Å². The Labute approximate surface area is 113 Å². The fourth-order valence-corrected chi connectivity index (χ4v) is 4.10. The highest BCUT2D eigenvalue weighted by atomic mass is 32.2. The summed E-state index contributed by atoms with van der Waals surface area (Å²) in [5.41, 5.74) is 0. The monoisotopic (exact) mass is 267 g/mol. The number of rotatable bonds is 5. The van der Waals surface area contributed by atoms with Crippen molar-refractivity contribution < 1.29 is 0 Å². The van der Waals surface area contributed by atoms with Crippen molar-refractivity contribution in [1.82, 2.24) is 5.32 Å². The van der Waals surface area contributed by atoms with Crippen LogP contribution in [-0.4, -0.2) is 29.3 Å². The lowest BCUT2D eigenvalue weighted by molar-refractivity contribution is 0.477. The van der Waals surface area contributed by atoms with Crippen LogP contribution in [0.1, 0.15) is 19.8 Å². The molecule has 0 aliphatic carbocycles. The Morgan fingerprint density at radius 1 is 1.35 bits per heavy atom. The van der Waals surface area contributed by atoms with E-state index in [1.807, 2.05) is 11.8 Å². The SMILES string of the molecule is CC1SCCCC1NCCSc1ccccc1. The van der Waals surface area contributed by atoms with Gasteiger partial charge in [0.2, 0.25) is 0 Å². The molecule has 2 rings (SSSR count). The van der Waals surface area contributed by atoms with E-state index in [-0.39, 0.29) is 0 Å². The molecule has 0 aromatic heterocycles. The third-order valence-corrected chi connectivity index (χ3v) is 5.52. The van der Waals surface area contributed by atoms with Crippen LogP contribution in [0.4, 0.5) is 0 Å². The first kappa shape index (κ1) is 13.3. The molecule has 1 saturated heterocycles. The van der Waals surface area contributed by atoms with E-state index in [4.69, 9.17) is 0 Å². The zero-order chi connectivity index (χ0) is 11.9. The third-order valence-electron chi connectivity index (χ3n) is 3.13. The molecule has 1 fully saturated rings. The van der Waals surface area contributed by atoms with Gasteiger partial charge in [-0.3, -0.25) is 0 Å². The van der Waals surface area contributed by atoms with Gasteiger partial charge in [0.05, 0.1) is 0 Å². The van der Waals surface area contributed by atoms with Gasteiger partial charge in [0.15, 0.2) is 0 Å². The van der Waals surface area contributed by atoms with Crippen LogP contribution in [0.25, 0.3) is 0 Å². The van der Waals surface area contributed by atoms with Crippen LogP contribution < -0.4 is 5.32 Å². The Kier molecular flexibility index (Phi) is 5.75. The fourth-order valence-electron chi connectivity index (χ4n) is 2.12. The van der Waals surface area contributed by atoms with Crippen molar-refractivity contribution in [1.29, 1.82) is 0 Å². The van der Waals surface area contributed by atoms with Gasteiger partial charge in [0.1, 0.15) is 0 Å². The molecule has 1 heterocycles. The average Bonchev–Trinajstić information content (AvgIpc) is 2.38. The van der Waals surface area contributed by atoms with Crippen molar-refractivity contribution in [2.45, 2.75) is 36.0 Å². The second-order valence-electron chi connectivity index (χ2n) is 4.44. The lowest BCUT2D eigenvalue weighted by atomic mass is 10.1. The van der Waals surface area contributed by atoms with E-state index < -0.39 is 0 Å². The molecule has 2 atom stereocenters. The van der Waals surface area contributed by atoms with E-state index in [0.717, 1.165) is 23.6 Å². The summed E-state index contributed by atoms with van der Waals surface area (Å²) in [6.45, 7) is 3.47. The van der Waals surface area contributed by atoms with Crippen molar-refractivity contribution >= 4 is 23.5 Å². The first-order valence-corrected chi connectivity index (χ1v) is 8.42. The maximum atomic E-state index is 3.70. The molecule has 1 aliphatic heterocycles. The number of hydrogen-bond acceptors (Lipinski definition) is 3. The van der Waals surface area contributed by atoms with Crippen LogP contribution >= 0.6 is 23.5 Å². The highest BCUT2D eigenvalue weighted by Crippen LogP contribution is 2.25. The fraction of sp³-hybridized carbons (Fsp3) is 0.571. The molecule has 1 aromatic rings. The summed E-state index contributed by atoms with van der Waals surface area (Å²) in [6.07, 6.45) is 2.72. The van der Waals surface area contributed by atoms with Crippen molar-refractivity contribution in [3.8, 4) is 0 Å². The summed E-state index contributed by atoms with van der Waals surface area (Å²) in [4.78, 5) is 1.38. The Morgan fingerprint density at radius 3 is 2.94 bits per heavy atom. The van der Waals surface area contributed by atoms with Crippen LogP contribution in [0.15, 0.2) is 35.2 Å². The van der Waals surface area contributed by atoms with Crippen LogP contribution in [0.5, 0.6) is 0 Å². The summed E-state index contributed by atoms with van der Waals surface area (Å²) < 4.78 is 0. The van der Waals surface area contributed by atoms with E-state index >= 15 is 0 Å². The highest BCUT2D eigenvalue weighted by Gasteiger charge is 2.20. The highest BCUT2D eigenvalue weighted by molar-refractivity contribution is 8.00. The van der Waals surface area contributed by atoms with Crippen LogP contribution in [0.2, 0.25) is 0 Å². The van der Waals surface area contributed by atoms with E-state index in [1.54, 1.807) is 0 Å². The first-order chi connectivity index (χ1) is 8.36. The number of nitrogens with one attached hydrogen (secondary N) is 1. The van der Waals surface area contributed by atoms with Crippen LogP contribution in [0, 0.1) is 0 Å². The predicted molar refractivity (Wildman–Crippen MR) is 80.1 cm³/mol. The summed E-state index contributed by atoms with van der Waals surface area (Å²) in [6, 6.07) is 11.4. The molecule has 0 radical (unpaired) electrons. The zero-order valence-electron chi connectivity index (χ0n) is 10.4. The molecular formula is C14H21NS2. The Hall–Kier alpha value is -0.120. The Bertz CT molecular complexity index is 315. The minimum Gasteiger partial charge on any atom is -0.312 e. The second-order valence-corrected chi connectivity index (χ2v) is 7.09.